The van der Waals surface area contributed by atoms with Gasteiger partial charge in [-0.25, -0.2) is 0 Å². The van der Waals surface area contributed by atoms with Gasteiger partial charge >= 0.3 is 0 Å². The molecule has 0 bridgehead atoms. The van der Waals surface area contributed by atoms with Gasteiger partial charge in [0.05, 0.1) is 6.10 Å². The summed E-state index contributed by atoms with van der Waals surface area (Å²) in [5.41, 5.74) is 0.767. The molecular weight excluding hydrogens is 304 g/mol. The fourth-order valence-electron chi connectivity index (χ4n) is 3.26. The Kier molecular flexibility index (Phi) is 4.81. The van der Waals surface area contributed by atoms with Crippen molar-refractivity contribution in [3.63, 3.8) is 0 Å². The summed E-state index contributed by atoms with van der Waals surface area (Å²) in [5, 5.41) is 15.3. The minimum Gasteiger partial charge on any atom is -0.387 e. The largest absolute Gasteiger partial charge is 0.387 e. The molecule has 2 atom stereocenters. The molecule has 1 fully saturated rings. The summed E-state index contributed by atoms with van der Waals surface area (Å²) in [5.74, 6) is -0.273. The topological polar surface area (TPSA) is 69.6 Å². The second kappa shape index (κ2) is 7.01. The number of carbonyl (C=O) groups is 2. The highest BCUT2D eigenvalue weighted by molar-refractivity contribution is 5.87. The van der Waals surface area contributed by atoms with E-state index in [1.807, 2.05) is 42.5 Å². The van der Waals surface area contributed by atoms with Crippen molar-refractivity contribution in [1.82, 2.24) is 10.2 Å². The first-order chi connectivity index (χ1) is 11.6. The summed E-state index contributed by atoms with van der Waals surface area (Å²) in [6, 6.07) is 13.3. The van der Waals surface area contributed by atoms with Crippen molar-refractivity contribution < 1.29 is 14.7 Å². The molecule has 0 aromatic heterocycles. The Balaban J connectivity index is 1.62. The zero-order chi connectivity index (χ0) is 17.1. The van der Waals surface area contributed by atoms with Crippen molar-refractivity contribution in [2.75, 3.05) is 13.1 Å². The number of benzene rings is 2. The lowest BCUT2D eigenvalue weighted by Gasteiger charge is -2.23. The van der Waals surface area contributed by atoms with Gasteiger partial charge in [-0.3, -0.25) is 9.59 Å². The highest BCUT2D eigenvalue weighted by atomic mass is 16.3. The normalized spacial score (nSPS) is 18.6. The molecule has 2 N–H and O–H groups in total. The number of hydrogen-bond donors (Lipinski definition) is 2. The van der Waals surface area contributed by atoms with E-state index in [4.69, 9.17) is 0 Å². The van der Waals surface area contributed by atoms with Crippen molar-refractivity contribution in [2.24, 2.45) is 0 Å². The molecule has 3 rings (SSSR count). The van der Waals surface area contributed by atoms with E-state index in [0.29, 0.717) is 13.0 Å². The molecular formula is C19H22N2O3. The zero-order valence-electron chi connectivity index (χ0n) is 13.7. The standard InChI is InChI=1S/C19H22N2O3/c1-13(22)21-10-4-7-17(21)19(24)20-12-18(23)16-9-8-14-5-2-3-6-15(14)11-16/h2-3,5-6,8-9,11,17-18,23H,4,7,10,12H2,1H3,(H,20,24)/t17-,18+/m1/s1. The molecule has 1 aliphatic heterocycles. The highest BCUT2D eigenvalue weighted by Crippen LogP contribution is 2.21. The first-order valence-corrected chi connectivity index (χ1v) is 8.28. The van der Waals surface area contributed by atoms with Crippen LogP contribution in [0.2, 0.25) is 0 Å². The lowest BCUT2D eigenvalue weighted by molar-refractivity contribution is -0.137. The van der Waals surface area contributed by atoms with E-state index in [2.05, 4.69) is 5.32 Å². The SMILES string of the molecule is CC(=O)N1CCC[C@@H]1C(=O)NC[C@H](O)c1ccc2ccccc2c1. The van der Waals surface area contributed by atoms with Gasteiger partial charge in [0.1, 0.15) is 6.04 Å². The molecule has 2 aromatic rings. The van der Waals surface area contributed by atoms with Gasteiger partial charge in [-0.2, -0.15) is 0 Å². The molecule has 1 saturated heterocycles. The molecule has 1 aliphatic rings. The fourth-order valence-corrected chi connectivity index (χ4v) is 3.26. The molecule has 2 amide bonds. The van der Waals surface area contributed by atoms with E-state index in [0.717, 1.165) is 22.8 Å². The maximum Gasteiger partial charge on any atom is 0.242 e. The molecule has 0 saturated carbocycles. The van der Waals surface area contributed by atoms with Crippen LogP contribution in [-0.4, -0.2) is 41.0 Å². The number of likely N-dealkylation sites (tertiary alicyclic amines) is 1. The van der Waals surface area contributed by atoms with Crippen LogP contribution in [0.3, 0.4) is 0 Å². The molecule has 126 valence electrons. The second-order valence-electron chi connectivity index (χ2n) is 6.24. The van der Waals surface area contributed by atoms with Gasteiger partial charge in [0.25, 0.3) is 0 Å². The van der Waals surface area contributed by atoms with E-state index in [1.54, 1.807) is 4.90 Å². The third kappa shape index (κ3) is 3.41. The molecule has 0 radical (unpaired) electrons. The van der Waals surface area contributed by atoms with Gasteiger partial charge in [0.2, 0.25) is 11.8 Å². The molecule has 5 nitrogen and oxygen atoms in total. The van der Waals surface area contributed by atoms with Crippen molar-refractivity contribution in [1.29, 1.82) is 0 Å². The van der Waals surface area contributed by atoms with Crippen molar-refractivity contribution in [3.8, 4) is 0 Å². The number of amides is 2. The summed E-state index contributed by atoms with van der Waals surface area (Å²) in [7, 11) is 0. The number of hydrogen-bond acceptors (Lipinski definition) is 3. The predicted molar refractivity (Wildman–Crippen MR) is 92.3 cm³/mol. The maximum absolute atomic E-state index is 12.3. The zero-order valence-corrected chi connectivity index (χ0v) is 13.7. The Morgan fingerprint density at radius 2 is 2.00 bits per heavy atom. The Morgan fingerprint density at radius 1 is 1.25 bits per heavy atom. The average molecular weight is 326 g/mol. The van der Waals surface area contributed by atoms with Crippen molar-refractivity contribution >= 4 is 22.6 Å². The van der Waals surface area contributed by atoms with Crippen LogP contribution in [0.15, 0.2) is 42.5 Å². The van der Waals surface area contributed by atoms with E-state index < -0.39 is 12.1 Å². The van der Waals surface area contributed by atoms with E-state index in [9.17, 15) is 14.7 Å². The minimum absolute atomic E-state index is 0.0808. The van der Waals surface area contributed by atoms with E-state index >= 15 is 0 Å². The fraction of sp³-hybridized carbons (Fsp3) is 0.368. The van der Waals surface area contributed by atoms with Crippen molar-refractivity contribution in [2.45, 2.75) is 31.9 Å². The van der Waals surface area contributed by atoms with E-state index in [-0.39, 0.29) is 18.4 Å². The molecule has 0 spiro atoms. The molecule has 0 aliphatic carbocycles. The summed E-state index contributed by atoms with van der Waals surface area (Å²) in [6.07, 6.45) is 0.744. The Hall–Kier alpha value is -2.40. The number of rotatable bonds is 4. The van der Waals surface area contributed by atoms with Gasteiger partial charge in [-0.15, -0.1) is 0 Å². The first-order valence-electron chi connectivity index (χ1n) is 8.28. The molecule has 0 unspecified atom stereocenters. The molecule has 5 heteroatoms. The lowest BCUT2D eigenvalue weighted by Crippen LogP contribution is -2.46. The number of nitrogens with one attached hydrogen (secondary N) is 1. The quantitative estimate of drug-likeness (QED) is 0.903. The Bertz CT molecular complexity index is 759. The summed E-state index contributed by atoms with van der Waals surface area (Å²) in [6.45, 7) is 2.25. The maximum atomic E-state index is 12.3. The number of carbonyl (C=O) groups excluding carboxylic acids is 2. The summed E-state index contributed by atoms with van der Waals surface area (Å²) < 4.78 is 0. The third-order valence-corrected chi connectivity index (χ3v) is 4.59. The Labute approximate surface area is 141 Å². The number of aliphatic hydroxyl groups is 1. The van der Waals surface area contributed by atoms with Crippen LogP contribution in [-0.2, 0) is 9.59 Å². The van der Waals surface area contributed by atoms with Gasteiger partial charge in [0.15, 0.2) is 0 Å². The van der Waals surface area contributed by atoms with Crippen molar-refractivity contribution in [3.05, 3.63) is 48.0 Å². The van der Waals surface area contributed by atoms with Gasteiger partial charge < -0.3 is 15.3 Å². The summed E-state index contributed by atoms with van der Waals surface area (Å²) in [4.78, 5) is 25.4. The first kappa shape index (κ1) is 16.5. The van der Waals surface area contributed by atoms with Crippen LogP contribution in [0, 0.1) is 0 Å². The Morgan fingerprint density at radius 3 is 2.75 bits per heavy atom. The molecule has 1 heterocycles. The highest BCUT2D eigenvalue weighted by Gasteiger charge is 2.32. The number of fused-ring (bicyclic) bond motifs is 1. The monoisotopic (exact) mass is 326 g/mol. The predicted octanol–water partition coefficient (Wildman–Crippen LogP) is 2.00. The number of aliphatic hydroxyl groups excluding tert-OH is 1. The van der Waals surface area contributed by atoms with Gasteiger partial charge in [-0.05, 0) is 35.2 Å². The van der Waals surface area contributed by atoms with Crippen LogP contribution in [0.4, 0.5) is 0 Å². The minimum atomic E-state index is -0.772. The van der Waals surface area contributed by atoms with Crippen LogP contribution in [0.25, 0.3) is 10.8 Å². The van der Waals surface area contributed by atoms with Gasteiger partial charge in [0, 0.05) is 20.0 Å². The van der Waals surface area contributed by atoms with Crippen LogP contribution < -0.4 is 5.32 Å². The van der Waals surface area contributed by atoms with Crippen LogP contribution in [0.1, 0.15) is 31.4 Å². The molecule has 2 aromatic carbocycles. The van der Waals surface area contributed by atoms with E-state index in [1.165, 1.54) is 6.92 Å². The summed E-state index contributed by atoms with van der Waals surface area (Å²) >= 11 is 0. The van der Waals surface area contributed by atoms with Gasteiger partial charge in [-0.1, -0.05) is 36.4 Å². The average Bonchev–Trinajstić information content (AvgIpc) is 3.09. The molecule has 24 heavy (non-hydrogen) atoms. The van der Waals surface area contributed by atoms with Crippen LogP contribution >= 0.6 is 0 Å². The van der Waals surface area contributed by atoms with Crippen LogP contribution in [0.5, 0.6) is 0 Å². The second-order valence-corrected chi connectivity index (χ2v) is 6.24. The lowest BCUT2D eigenvalue weighted by atomic mass is 10.0. The number of nitrogens with zero attached hydrogens (tertiary/aromatic N) is 1. The third-order valence-electron chi connectivity index (χ3n) is 4.59. The smallest absolute Gasteiger partial charge is 0.242 e.